The van der Waals surface area contributed by atoms with Crippen LogP contribution in [0, 0.1) is 6.92 Å². The van der Waals surface area contributed by atoms with E-state index in [0.717, 1.165) is 51.6 Å². The molecular weight excluding hydrogens is 439 g/mol. The largest absolute Gasteiger partial charge is 0.381 e. The topological polar surface area (TPSA) is 40.1 Å². The Morgan fingerprint density at radius 1 is 1.19 bits per heavy atom. The molecule has 1 aromatic carbocycles. The van der Waals surface area contributed by atoms with E-state index >= 15 is 0 Å². The highest BCUT2D eigenvalue weighted by atomic mass is 127. The number of nitrogens with zero attached hydrogens (tertiary/aromatic N) is 3. The molecule has 1 fully saturated rings. The molecule has 0 atom stereocenters. The fraction of sp³-hybridized carbons (Fsp3) is 0.650. The molecule has 5 nitrogen and oxygen atoms in total. The third-order valence-corrected chi connectivity index (χ3v) is 5.26. The molecule has 1 aromatic rings. The Labute approximate surface area is 176 Å². The molecular formula is C20H35IN4O. The number of aliphatic imine (C=N–C) groups is 1. The van der Waals surface area contributed by atoms with E-state index in [4.69, 9.17) is 9.73 Å². The maximum absolute atomic E-state index is 5.57. The SMILES string of the molecule is CCNC(=NCC1(N(C)C)CCOCC1)N(C)Cc1ccccc1C.I. The van der Waals surface area contributed by atoms with Gasteiger partial charge in [-0.1, -0.05) is 24.3 Å². The maximum Gasteiger partial charge on any atom is 0.194 e. The summed E-state index contributed by atoms with van der Waals surface area (Å²) < 4.78 is 5.57. The van der Waals surface area contributed by atoms with Gasteiger partial charge in [0.05, 0.1) is 6.54 Å². The number of likely N-dealkylation sites (N-methyl/N-ethyl adjacent to an activating group) is 1. The molecule has 0 radical (unpaired) electrons. The predicted octanol–water partition coefficient (Wildman–Crippen LogP) is 3.12. The highest BCUT2D eigenvalue weighted by Crippen LogP contribution is 2.26. The van der Waals surface area contributed by atoms with Gasteiger partial charge in [0.25, 0.3) is 0 Å². The molecule has 0 aliphatic carbocycles. The first kappa shape index (κ1) is 23.2. The van der Waals surface area contributed by atoms with Gasteiger partial charge in [0, 0.05) is 38.9 Å². The Hall–Kier alpha value is -0.860. The van der Waals surface area contributed by atoms with Crippen molar-refractivity contribution in [1.82, 2.24) is 15.1 Å². The van der Waals surface area contributed by atoms with E-state index in [-0.39, 0.29) is 29.5 Å². The second kappa shape index (κ2) is 11.1. The molecule has 0 unspecified atom stereocenters. The summed E-state index contributed by atoms with van der Waals surface area (Å²) >= 11 is 0. The van der Waals surface area contributed by atoms with E-state index < -0.39 is 0 Å². The average Bonchev–Trinajstić information content (AvgIpc) is 2.61. The first-order valence-electron chi connectivity index (χ1n) is 9.27. The minimum absolute atomic E-state index is 0. The molecule has 0 bridgehead atoms. The molecule has 26 heavy (non-hydrogen) atoms. The van der Waals surface area contributed by atoms with Crippen molar-refractivity contribution in [3.8, 4) is 0 Å². The third kappa shape index (κ3) is 6.09. The van der Waals surface area contributed by atoms with Gasteiger partial charge in [0.15, 0.2) is 5.96 Å². The highest BCUT2D eigenvalue weighted by Gasteiger charge is 2.34. The van der Waals surface area contributed by atoms with Gasteiger partial charge in [-0.3, -0.25) is 4.99 Å². The number of halogens is 1. The van der Waals surface area contributed by atoms with Gasteiger partial charge < -0.3 is 19.9 Å². The summed E-state index contributed by atoms with van der Waals surface area (Å²) in [4.78, 5) is 9.53. The van der Waals surface area contributed by atoms with Crippen molar-refractivity contribution in [2.75, 3.05) is 47.4 Å². The summed E-state index contributed by atoms with van der Waals surface area (Å²) in [6.07, 6.45) is 2.06. The molecule has 148 valence electrons. The van der Waals surface area contributed by atoms with Crippen molar-refractivity contribution < 1.29 is 4.74 Å². The molecule has 6 heteroatoms. The van der Waals surface area contributed by atoms with Gasteiger partial charge in [-0.25, -0.2) is 0 Å². The van der Waals surface area contributed by atoms with Crippen molar-refractivity contribution in [1.29, 1.82) is 0 Å². The van der Waals surface area contributed by atoms with Crippen molar-refractivity contribution in [2.24, 2.45) is 4.99 Å². The minimum atomic E-state index is 0. The lowest BCUT2D eigenvalue weighted by molar-refractivity contribution is -0.00263. The van der Waals surface area contributed by atoms with Crippen LogP contribution in [0.3, 0.4) is 0 Å². The Bertz CT molecular complexity index is 571. The van der Waals surface area contributed by atoms with E-state index in [0.29, 0.717) is 0 Å². The van der Waals surface area contributed by atoms with Crippen molar-refractivity contribution >= 4 is 29.9 Å². The van der Waals surface area contributed by atoms with Gasteiger partial charge in [0.2, 0.25) is 0 Å². The van der Waals surface area contributed by atoms with E-state index in [1.807, 2.05) is 0 Å². The summed E-state index contributed by atoms with van der Waals surface area (Å²) in [6, 6.07) is 8.54. The van der Waals surface area contributed by atoms with Gasteiger partial charge in [-0.15, -0.1) is 24.0 Å². The lowest BCUT2D eigenvalue weighted by Gasteiger charge is -2.42. The number of guanidine groups is 1. The smallest absolute Gasteiger partial charge is 0.194 e. The Balaban J connectivity index is 0.00000338. The van der Waals surface area contributed by atoms with Crippen molar-refractivity contribution in [3.05, 3.63) is 35.4 Å². The monoisotopic (exact) mass is 474 g/mol. The third-order valence-electron chi connectivity index (χ3n) is 5.26. The first-order valence-corrected chi connectivity index (χ1v) is 9.27. The predicted molar refractivity (Wildman–Crippen MR) is 121 cm³/mol. The number of benzene rings is 1. The van der Waals surface area contributed by atoms with Crippen LogP contribution in [0.2, 0.25) is 0 Å². The molecule has 0 saturated carbocycles. The van der Waals surface area contributed by atoms with Crippen LogP contribution in [-0.2, 0) is 11.3 Å². The lowest BCUT2D eigenvalue weighted by Crippen LogP contribution is -2.51. The molecule has 1 heterocycles. The van der Waals surface area contributed by atoms with Gasteiger partial charge in [0.1, 0.15) is 0 Å². The lowest BCUT2D eigenvalue weighted by atomic mass is 9.89. The summed E-state index contributed by atoms with van der Waals surface area (Å²) in [5, 5.41) is 3.44. The second-order valence-corrected chi connectivity index (χ2v) is 7.18. The Morgan fingerprint density at radius 2 is 1.85 bits per heavy atom. The van der Waals surface area contributed by atoms with E-state index in [2.05, 4.69) is 74.4 Å². The summed E-state index contributed by atoms with van der Waals surface area (Å²) in [5.41, 5.74) is 2.76. The molecule has 1 aliphatic heterocycles. The molecule has 1 saturated heterocycles. The van der Waals surface area contributed by atoms with Crippen LogP contribution >= 0.6 is 24.0 Å². The first-order chi connectivity index (χ1) is 12.0. The summed E-state index contributed by atoms with van der Waals surface area (Å²) in [7, 11) is 6.43. The van der Waals surface area contributed by atoms with Crippen LogP contribution in [0.1, 0.15) is 30.9 Å². The Kier molecular flexibility index (Phi) is 9.89. The van der Waals surface area contributed by atoms with Crippen molar-refractivity contribution in [2.45, 2.75) is 38.8 Å². The van der Waals surface area contributed by atoms with Gasteiger partial charge in [-0.2, -0.15) is 0 Å². The fourth-order valence-corrected chi connectivity index (χ4v) is 3.31. The summed E-state index contributed by atoms with van der Waals surface area (Å²) in [6.45, 7) is 8.45. The quantitative estimate of drug-likeness (QED) is 0.391. The molecule has 0 aromatic heterocycles. The number of ether oxygens (including phenoxy) is 1. The molecule has 1 N–H and O–H groups in total. The minimum Gasteiger partial charge on any atom is -0.381 e. The molecule has 1 aliphatic rings. The average molecular weight is 474 g/mol. The fourth-order valence-electron chi connectivity index (χ4n) is 3.31. The van der Waals surface area contributed by atoms with E-state index in [1.165, 1.54) is 11.1 Å². The maximum atomic E-state index is 5.57. The number of hydrogen-bond donors (Lipinski definition) is 1. The molecule has 0 spiro atoms. The number of rotatable bonds is 6. The number of nitrogens with one attached hydrogen (secondary N) is 1. The highest BCUT2D eigenvalue weighted by molar-refractivity contribution is 14.0. The molecule has 0 amide bonds. The second-order valence-electron chi connectivity index (χ2n) is 7.18. The van der Waals surface area contributed by atoms with Crippen LogP contribution in [0.4, 0.5) is 0 Å². The van der Waals surface area contributed by atoms with Crippen LogP contribution in [0.5, 0.6) is 0 Å². The number of aryl methyl sites for hydroxylation is 1. The zero-order chi connectivity index (χ0) is 18.3. The van der Waals surface area contributed by atoms with Crippen LogP contribution in [-0.4, -0.2) is 68.7 Å². The van der Waals surface area contributed by atoms with Crippen LogP contribution in [0.25, 0.3) is 0 Å². The standard InChI is InChI=1S/C20H34N4O.HI/c1-6-21-19(24(5)15-18-10-8-7-9-17(18)2)22-16-20(23(3)4)11-13-25-14-12-20;/h7-10H,6,11-16H2,1-5H3,(H,21,22);1H. The van der Waals surface area contributed by atoms with Gasteiger partial charge >= 0.3 is 0 Å². The Morgan fingerprint density at radius 3 is 2.42 bits per heavy atom. The van der Waals surface area contributed by atoms with Crippen LogP contribution in [0.15, 0.2) is 29.3 Å². The zero-order valence-electron chi connectivity index (χ0n) is 16.9. The number of hydrogen-bond acceptors (Lipinski definition) is 3. The summed E-state index contributed by atoms with van der Waals surface area (Å²) in [5.74, 6) is 0.971. The van der Waals surface area contributed by atoms with E-state index in [1.54, 1.807) is 0 Å². The van der Waals surface area contributed by atoms with Crippen LogP contribution < -0.4 is 5.32 Å². The normalized spacial score (nSPS) is 16.9. The van der Waals surface area contributed by atoms with E-state index in [9.17, 15) is 0 Å². The zero-order valence-corrected chi connectivity index (χ0v) is 19.2. The molecule has 2 rings (SSSR count). The van der Waals surface area contributed by atoms with Gasteiger partial charge in [-0.05, 0) is 51.9 Å². The van der Waals surface area contributed by atoms with Crippen molar-refractivity contribution in [3.63, 3.8) is 0 Å².